The maximum Gasteiger partial charge on any atom is 0.230 e. The number of carbonyl (C=O) groups excluding carboxylic acids is 2. The van der Waals surface area contributed by atoms with Gasteiger partial charge in [-0.2, -0.15) is 0 Å². The maximum atomic E-state index is 12.5. The lowest BCUT2D eigenvalue weighted by Gasteiger charge is -2.17. The fraction of sp³-hybridized carbons (Fsp3) is 0.350. The molecule has 0 saturated carbocycles. The molecule has 1 aliphatic heterocycles. The Hall–Kier alpha value is -2.89. The molecular formula is C20H23N3O3. The first kappa shape index (κ1) is 17.9. The molecule has 0 radical (unpaired) electrons. The van der Waals surface area contributed by atoms with E-state index in [1.165, 1.54) is 0 Å². The Labute approximate surface area is 153 Å². The Morgan fingerprint density at radius 2 is 2.08 bits per heavy atom. The minimum atomic E-state index is -0.388. The highest BCUT2D eigenvalue weighted by molar-refractivity contribution is 6.03. The Kier molecular flexibility index (Phi) is 5.51. The Balaban J connectivity index is 1.63. The summed E-state index contributed by atoms with van der Waals surface area (Å²) < 4.78 is 5.56. The number of aromatic nitrogens is 1. The van der Waals surface area contributed by atoms with E-state index in [1.54, 1.807) is 11.1 Å². The lowest BCUT2D eigenvalue weighted by Crippen LogP contribution is -2.28. The molecule has 1 atom stereocenters. The summed E-state index contributed by atoms with van der Waals surface area (Å²) >= 11 is 0. The van der Waals surface area contributed by atoms with E-state index in [9.17, 15) is 9.59 Å². The van der Waals surface area contributed by atoms with Crippen LogP contribution in [0.3, 0.4) is 0 Å². The minimum absolute atomic E-state index is 0.0513. The SMILES string of the molecule is CCCOc1ccc(N2CC(C(=O)Nc3cc(C)ccn3)CC2=O)cc1. The Morgan fingerprint density at radius 3 is 2.77 bits per heavy atom. The van der Waals surface area contributed by atoms with E-state index in [0.29, 0.717) is 19.0 Å². The number of nitrogens with one attached hydrogen (secondary N) is 1. The highest BCUT2D eigenvalue weighted by Crippen LogP contribution is 2.27. The summed E-state index contributed by atoms with van der Waals surface area (Å²) in [6.07, 6.45) is 2.80. The van der Waals surface area contributed by atoms with Crippen molar-refractivity contribution in [3.05, 3.63) is 48.2 Å². The Bertz CT molecular complexity index is 789. The van der Waals surface area contributed by atoms with Crippen LogP contribution in [0.1, 0.15) is 25.3 Å². The van der Waals surface area contributed by atoms with Gasteiger partial charge in [-0.05, 0) is 55.3 Å². The first-order chi connectivity index (χ1) is 12.6. The minimum Gasteiger partial charge on any atom is -0.494 e. The summed E-state index contributed by atoms with van der Waals surface area (Å²) in [5, 5.41) is 2.80. The van der Waals surface area contributed by atoms with Gasteiger partial charge in [-0.1, -0.05) is 6.92 Å². The van der Waals surface area contributed by atoms with Crippen molar-refractivity contribution in [3.63, 3.8) is 0 Å². The van der Waals surface area contributed by atoms with Crippen LogP contribution in [0.4, 0.5) is 11.5 Å². The largest absolute Gasteiger partial charge is 0.494 e. The molecule has 1 aliphatic rings. The number of hydrogen-bond donors (Lipinski definition) is 1. The quantitative estimate of drug-likeness (QED) is 0.866. The molecule has 136 valence electrons. The third kappa shape index (κ3) is 4.20. The molecule has 2 heterocycles. The first-order valence-corrected chi connectivity index (χ1v) is 8.83. The number of rotatable bonds is 6. The van der Waals surface area contributed by atoms with Crippen LogP contribution in [0, 0.1) is 12.8 Å². The molecule has 0 bridgehead atoms. The molecule has 1 fully saturated rings. The number of ether oxygens (including phenoxy) is 1. The summed E-state index contributed by atoms with van der Waals surface area (Å²) in [6.45, 7) is 5.02. The van der Waals surface area contributed by atoms with Gasteiger partial charge in [-0.15, -0.1) is 0 Å². The molecule has 2 amide bonds. The molecule has 1 aromatic heterocycles. The number of aryl methyl sites for hydroxylation is 1. The number of nitrogens with zero attached hydrogens (tertiary/aromatic N) is 2. The predicted octanol–water partition coefficient (Wildman–Crippen LogP) is 3.17. The lowest BCUT2D eigenvalue weighted by atomic mass is 10.1. The van der Waals surface area contributed by atoms with E-state index < -0.39 is 0 Å². The van der Waals surface area contributed by atoms with Gasteiger partial charge in [-0.25, -0.2) is 4.98 Å². The zero-order valence-corrected chi connectivity index (χ0v) is 15.1. The van der Waals surface area contributed by atoms with Crippen molar-refractivity contribution in [3.8, 4) is 5.75 Å². The molecule has 1 aromatic carbocycles. The Morgan fingerprint density at radius 1 is 1.31 bits per heavy atom. The van der Waals surface area contributed by atoms with Crippen molar-refractivity contribution in [2.45, 2.75) is 26.7 Å². The number of benzene rings is 1. The summed E-state index contributed by atoms with van der Waals surface area (Å²) in [5.74, 6) is 0.674. The first-order valence-electron chi connectivity index (χ1n) is 8.83. The summed E-state index contributed by atoms with van der Waals surface area (Å²) in [6, 6.07) is 11.1. The number of hydrogen-bond acceptors (Lipinski definition) is 4. The van der Waals surface area contributed by atoms with E-state index in [1.807, 2.05) is 43.3 Å². The van der Waals surface area contributed by atoms with Gasteiger partial charge >= 0.3 is 0 Å². The number of pyridine rings is 1. The van der Waals surface area contributed by atoms with Crippen molar-refractivity contribution in [2.75, 3.05) is 23.4 Å². The van der Waals surface area contributed by atoms with Gasteiger partial charge in [0, 0.05) is 24.8 Å². The second kappa shape index (κ2) is 7.99. The normalized spacial score (nSPS) is 16.6. The van der Waals surface area contributed by atoms with Crippen LogP contribution in [-0.2, 0) is 9.59 Å². The molecule has 3 rings (SSSR count). The van der Waals surface area contributed by atoms with Gasteiger partial charge in [0.2, 0.25) is 11.8 Å². The predicted molar refractivity (Wildman–Crippen MR) is 100 cm³/mol. The average Bonchev–Trinajstić information content (AvgIpc) is 3.02. The molecule has 1 N–H and O–H groups in total. The molecule has 0 aliphatic carbocycles. The van der Waals surface area contributed by atoms with E-state index in [0.717, 1.165) is 23.4 Å². The van der Waals surface area contributed by atoms with E-state index in [4.69, 9.17) is 4.74 Å². The molecule has 6 heteroatoms. The van der Waals surface area contributed by atoms with Gasteiger partial charge in [0.1, 0.15) is 11.6 Å². The standard InChI is InChI=1S/C20H23N3O3/c1-3-10-26-17-6-4-16(5-7-17)23-13-15(12-19(23)24)20(25)22-18-11-14(2)8-9-21-18/h4-9,11,15H,3,10,12-13H2,1-2H3,(H,21,22,25). The van der Waals surface area contributed by atoms with Gasteiger partial charge in [0.25, 0.3) is 0 Å². The third-order valence-corrected chi connectivity index (χ3v) is 4.28. The zero-order valence-electron chi connectivity index (χ0n) is 15.1. The number of amides is 2. The van der Waals surface area contributed by atoms with Gasteiger partial charge in [0.05, 0.1) is 12.5 Å². The summed E-state index contributed by atoms with van der Waals surface area (Å²) in [5.41, 5.74) is 1.80. The van der Waals surface area contributed by atoms with E-state index in [-0.39, 0.29) is 24.2 Å². The van der Waals surface area contributed by atoms with Crippen molar-refractivity contribution in [1.82, 2.24) is 4.98 Å². The molecule has 26 heavy (non-hydrogen) atoms. The highest BCUT2D eigenvalue weighted by atomic mass is 16.5. The van der Waals surface area contributed by atoms with Gasteiger partial charge in [-0.3, -0.25) is 9.59 Å². The number of carbonyl (C=O) groups is 2. The molecule has 6 nitrogen and oxygen atoms in total. The van der Waals surface area contributed by atoms with Crippen LogP contribution < -0.4 is 15.0 Å². The fourth-order valence-electron chi connectivity index (χ4n) is 2.91. The van der Waals surface area contributed by atoms with Gasteiger partial charge < -0.3 is 15.0 Å². The zero-order chi connectivity index (χ0) is 18.5. The van der Waals surface area contributed by atoms with Crippen LogP contribution in [0.25, 0.3) is 0 Å². The van der Waals surface area contributed by atoms with E-state index in [2.05, 4.69) is 17.2 Å². The average molecular weight is 353 g/mol. The monoisotopic (exact) mass is 353 g/mol. The van der Waals surface area contributed by atoms with Gasteiger partial charge in [0.15, 0.2) is 0 Å². The molecular weight excluding hydrogens is 330 g/mol. The molecule has 1 saturated heterocycles. The molecule has 0 spiro atoms. The fourth-order valence-corrected chi connectivity index (χ4v) is 2.91. The van der Waals surface area contributed by atoms with Crippen molar-refractivity contribution >= 4 is 23.3 Å². The van der Waals surface area contributed by atoms with Crippen LogP contribution in [-0.4, -0.2) is 29.9 Å². The molecule has 1 unspecified atom stereocenters. The van der Waals surface area contributed by atoms with Crippen LogP contribution in [0.2, 0.25) is 0 Å². The second-order valence-corrected chi connectivity index (χ2v) is 6.46. The molecule has 2 aromatic rings. The topological polar surface area (TPSA) is 71.5 Å². The van der Waals surface area contributed by atoms with Crippen molar-refractivity contribution in [2.24, 2.45) is 5.92 Å². The maximum absolute atomic E-state index is 12.5. The van der Waals surface area contributed by atoms with Crippen LogP contribution in [0.5, 0.6) is 5.75 Å². The third-order valence-electron chi connectivity index (χ3n) is 4.28. The number of anilines is 2. The smallest absolute Gasteiger partial charge is 0.230 e. The van der Waals surface area contributed by atoms with Crippen molar-refractivity contribution in [1.29, 1.82) is 0 Å². The second-order valence-electron chi connectivity index (χ2n) is 6.46. The van der Waals surface area contributed by atoms with Crippen LogP contribution >= 0.6 is 0 Å². The highest BCUT2D eigenvalue weighted by Gasteiger charge is 2.35. The van der Waals surface area contributed by atoms with Crippen molar-refractivity contribution < 1.29 is 14.3 Å². The summed E-state index contributed by atoms with van der Waals surface area (Å²) in [4.78, 5) is 30.6. The van der Waals surface area contributed by atoms with E-state index >= 15 is 0 Å². The van der Waals surface area contributed by atoms with Crippen LogP contribution in [0.15, 0.2) is 42.6 Å². The summed E-state index contributed by atoms with van der Waals surface area (Å²) in [7, 11) is 0. The lowest BCUT2D eigenvalue weighted by molar-refractivity contribution is -0.122.